The van der Waals surface area contributed by atoms with Gasteiger partial charge in [-0.25, -0.2) is 13.3 Å². The fraction of sp³-hybridized carbons (Fsp3) is 0.280. The molecule has 0 saturated carbocycles. The highest BCUT2D eigenvalue weighted by molar-refractivity contribution is 7.91. The molecule has 1 aliphatic rings. The fourth-order valence-electron chi connectivity index (χ4n) is 4.23. The molecule has 34 heavy (non-hydrogen) atoms. The summed E-state index contributed by atoms with van der Waals surface area (Å²) in [6.45, 7) is 0.854. The van der Waals surface area contributed by atoms with Crippen LogP contribution in [0.4, 0.5) is 13.2 Å². The van der Waals surface area contributed by atoms with E-state index in [1.807, 2.05) is 12.1 Å². The van der Waals surface area contributed by atoms with Crippen molar-refractivity contribution in [1.82, 2.24) is 10.0 Å². The molecule has 0 spiro atoms. The van der Waals surface area contributed by atoms with E-state index in [9.17, 15) is 17.4 Å². The standard InChI is InChI=1S/C25H26F3N3O2S/c1-29-34(32,21-14-12-20(13-15-21)33-25(26,27)28)31-17-16-30-24-22-8-4-2-6-18(22)10-11-19-7-3-5-9-23(19)24/h2-9,12-15,24,30H,10-11,16-17H2,1H3,(H,29,31,32). The Morgan fingerprint density at radius 1 is 0.912 bits per heavy atom. The van der Waals surface area contributed by atoms with Crippen LogP contribution in [-0.2, 0) is 22.8 Å². The van der Waals surface area contributed by atoms with Crippen LogP contribution in [0.1, 0.15) is 28.3 Å². The molecular formula is C25H26F3N3O2S. The highest BCUT2D eigenvalue weighted by Crippen LogP contribution is 2.32. The molecule has 0 amide bonds. The summed E-state index contributed by atoms with van der Waals surface area (Å²) < 4.78 is 61.3. The molecule has 3 aromatic rings. The van der Waals surface area contributed by atoms with Gasteiger partial charge >= 0.3 is 6.36 Å². The van der Waals surface area contributed by atoms with Crippen LogP contribution in [0.3, 0.4) is 0 Å². The second-order valence-electron chi connectivity index (χ2n) is 7.91. The number of ether oxygens (including phenoxy) is 1. The number of nitrogens with one attached hydrogen (secondary N) is 2. The second kappa shape index (κ2) is 10.2. The van der Waals surface area contributed by atoms with E-state index in [2.05, 4.69) is 55.5 Å². The Balaban J connectivity index is 1.45. The number of fused-ring (bicyclic) bond motifs is 2. The molecular weight excluding hydrogens is 463 g/mol. The molecule has 9 heteroatoms. The largest absolute Gasteiger partial charge is 0.573 e. The van der Waals surface area contributed by atoms with E-state index >= 15 is 0 Å². The van der Waals surface area contributed by atoms with Gasteiger partial charge in [-0.1, -0.05) is 48.5 Å². The zero-order valence-corrected chi connectivity index (χ0v) is 19.5. The average molecular weight is 490 g/mol. The van der Waals surface area contributed by atoms with E-state index in [0.29, 0.717) is 13.1 Å². The predicted molar refractivity (Wildman–Crippen MR) is 126 cm³/mol. The van der Waals surface area contributed by atoms with Crippen molar-refractivity contribution in [3.8, 4) is 5.75 Å². The highest BCUT2D eigenvalue weighted by Gasteiger charge is 2.31. The molecule has 0 heterocycles. The monoisotopic (exact) mass is 489 g/mol. The molecule has 1 aliphatic carbocycles. The van der Waals surface area contributed by atoms with E-state index in [1.165, 1.54) is 41.4 Å². The minimum Gasteiger partial charge on any atom is -0.406 e. The Kier molecular flexibility index (Phi) is 7.25. The molecule has 0 bridgehead atoms. The van der Waals surface area contributed by atoms with Crippen molar-refractivity contribution in [3.63, 3.8) is 0 Å². The van der Waals surface area contributed by atoms with Gasteiger partial charge in [-0.05, 0) is 59.4 Å². The molecule has 0 fully saturated rings. The lowest BCUT2D eigenvalue weighted by atomic mass is 9.94. The Bertz CT molecular complexity index is 1210. The quantitative estimate of drug-likeness (QED) is 0.458. The van der Waals surface area contributed by atoms with Crippen LogP contribution in [0.2, 0.25) is 0 Å². The van der Waals surface area contributed by atoms with Gasteiger partial charge in [0.05, 0.1) is 10.9 Å². The number of hydrogen-bond donors (Lipinski definition) is 2. The number of aryl methyl sites for hydroxylation is 2. The van der Waals surface area contributed by atoms with Gasteiger partial charge < -0.3 is 10.1 Å². The van der Waals surface area contributed by atoms with Gasteiger partial charge in [-0.3, -0.25) is 0 Å². The lowest BCUT2D eigenvalue weighted by Gasteiger charge is -2.22. The number of benzene rings is 3. The van der Waals surface area contributed by atoms with Crippen molar-refractivity contribution in [3.05, 3.63) is 95.1 Å². The van der Waals surface area contributed by atoms with E-state index in [4.69, 9.17) is 0 Å². The minimum atomic E-state index is -4.78. The smallest absolute Gasteiger partial charge is 0.406 e. The number of nitrogens with zero attached hydrogens (tertiary/aromatic N) is 1. The third-order valence-corrected chi connectivity index (χ3v) is 7.82. The van der Waals surface area contributed by atoms with Crippen molar-refractivity contribution in [1.29, 1.82) is 0 Å². The number of alkyl halides is 3. The Morgan fingerprint density at radius 3 is 2.00 bits per heavy atom. The van der Waals surface area contributed by atoms with Gasteiger partial charge in [-0.15, -0.1) is 13.2 Å². The zero-order chi connectivity index (χ0) is 24.2. The normalized spacial score (nSPS) is 15.5. The predicted octanol–water partition coefficient (Wildman–Crippen LogP) is 5.02. The number of hydrogen-bond acceptors (Lipinski definition) is 4. The van der Waals surface area contributed by atoms with Crippen LogP contribution in [0, 0.1) is 0 Å². The van der Waals surface area contributed by atoms with Crippen molar-refractivity contribution in [2.45, 2.75) is 30.1 Å². The maximum atomic E-state index is 13.3. The summed E-state index contributed by atoms with van der Waals surface area (Å²) in [5.41, 5.74) is 5.07. The first-order valence-electron chi connectivity index (χ1n) is 10.9. The summed E-state index contributed by atoms with van der Waals surface area (Å²) in [4.78, 5) is 0.287. The third-order valence-electron chi connectivity index (χ3n) is 5.80. The molecule has 2 N–H and O–H groups in total. The minimum absolute atomic E-state index is 0.00474. The third kappa shape index (κ3) is 5.60. The van der Waals surface area contributed by atoms with Gasteiger partial charge in [0.15, 0.2) is 0 Å². The summed E-state index contributed by atoms with van der Waals surface area (Å²) in [5.74, 6) is -0.374. The molecule has 0 radical (unpaired) electrons. The van der Waals surface area contributed by atoms with Gasteiger partial charge in [0, 0.05) is 20.1 Å². The summed E-state index contributed by atoms with van der Waals surface area (Å²) in [5, 5.41) is 3.58. The maximum absolute atomic E-state index is 13.3. The number of halogens is 3. The maximum Gasteiger partial charge on any atom is 0.573 e. The van der Waals surface area contributed by atoms with E-state index < -0.39 is 16.3 Å². The highest BCUT2D eigenvalue weighted by atomic mass is 32.2. The van der Waals surface area contributed by atoms with E-state index in [-0.39, 0.29) is 16.7 Å². The first-order chi connectivity index (χ1) is 16.3. The topological polar surface area (TPSA) is 62.7 Å². The fourth-order valence-corrected chi connectivity index (χ4v) is 5.62. The first kappa shape index (κ1) is 24.3. The molecule has 0 saturated heterocycles. The van der Waals surface area contributed by atoms with Gasteiger partial charge in [-0.2, -0.15) is 0 Å². The molecule has 4 rings (SSSR count). The summed E-state index contributed by atoms with van der Waals surface area (Å²) in [6.07, 6.45) is -2.84. The molecule has 0 aromatic heterocycles. The van der Waals surface area contributed by atoms with Gasteiger partial charge in [0.1, 0.15) is 15.7 Å². The second-order valence-corrected chi connectivity index (χ2v) is 10.1. The average Bonchev–Trinajstić information content (AvgIpc) is 2.98. The van der Waals surface area contributed by atoms with Crippen molar-refractivity contribution >= 4 is 9.92 Å². The van der Waals surface area contributed by atoms with Gasteiger partial charge in [0.25, 0.3) is 0 Å². The molecule has 0 aliphatic heterocycles. The lowest BCUT2D eigenvalue weighted by molar-refractivity contribution is -0.274. The van der Waals surface area contributed by atoms with Crippen LogP contribution in [0.25, 0.3) is 0 Å². The van der Waals surface area contributed by atoms with Crippen LogP contribution >= 0.6 is 0 Å². The molecule has 180 valence electrons. The van der Waals surface area contributed by atoms with Crippen LogP contribution in [0.5, 0.6) is 5.75 Å². The Labute approximate surface area is 197 Å². The van der Waals surface area contributed by atoms with Crippen LogP contribution < -0.4 is 14.8 Å². The molecule has 3 aromatic carbocycles. The van der Waals surface area contributed by atoms with E-state index in [1.54, 1.807) is 0 Å². The lowest BCUT2D eigenvalue weighted by Crippen LogP contribution is -2.34. The molecule has 1 unspecified atom stereocenters. The summed E-state index contributed by atoms with van der Waals surface area (Å²) in [7, 11) is -1.58. The van der Waals surface area contributed by atoms with Crippen molar-refractivity contribution in [2.24, 2.45) is 4.36 Å². The Morgan fingerprint density at radius 2 is 1.47 bits per heavy atom. The van der Waals surface area contributed by atoms with Crippen LogP contribution in [-0.4, -0.2) is 30.7 Å². The van der Waals surface area contributed by atoms with Crippen LogP contribution in [0.15, 0.2) is 82.1 Å². The first-order valence-corrected chi connectivity index (χ1v) is 12.5. The molecule has 5 nitrogen and oxygen atoms in total. The summed E-state index contributed by atoms with van der Waals surface area (Å²) >= 11 is 0. The summed E-state index contributed by atoms with van der Waals surface area (Å²) in [6, 6.07) is 21.7. The van der Waals surface area contributed by atoms with E-state index in [0.717, 1.165) is 25.0 Å². The SMILES string of the molecule is CN=S(=O)(NCCNC1c2ccccc2CCc2ccccc21)c1ccc(OC(F)(F)F)cc1. The van der Waals surface area contributed by atoms with Crippen molar-refractivity contribution in [2.75, 3.05) is 20.1 Å². The van der Waals surface area contributed by atoms with Crippen molar-refractivity contribution < 1.29 is 22.1 Å². The zero-order valence-electron chi connectivity index (χ0n) is 18.6. The Hall–Kier alpha value is -2.88. The molecule has 1 atom stereocenters. The number of rotatable bonds is 7. The van der Waals surface area contributed by atoms with Gasteiger partial charge in [0.2, 0.25) is 0 Å².